The molecule has 0 N–H and O–H groups in total. The zero-order valence-corrected chi connectivity index (χ0v) is 12.5. The van der Waals surface area contributed by atoms with Gasteiger partial charge in [0.2, 0.25) is 0 Å². The van der Waals surface area contributed by atoms with E-state index in [1.807, 2.05) is 42.5 Å². The number of nitriles is 1. The van der Waals surface area contributed by atoms with Crippen molar-refractivity contribution in [2.75, 3.05) is 7.11 Å². The van der Waals surface area contributed by atoms with Gasteiger partial charge in [0.25, 0.3) is 0 Å². The normalized spacial score (nSPS) is 13.4. The van der Waals surface area contributed by atoms with Gasteiger partial charge in [0.1, 0.15) is 5.75 Å². The van der Waals surface area contributed by atoms with E-state index in [9.17, 15) is 5.26 Å². The Hall–Kier alpha value is -2.79. The van der Waals surface area contributed by atoms with Crippen molar-refractivity contribution >= 4 is 5.57 Å². The number of hydrogen-bond donors (Lipinski definition) is 0. The Kier molecular flexibility index (Phi) is 4.07. The highest BCUT2D eigenvalue weighted by molar-refractivity contribution is 5.86. The van der Waals surface area contributed by atoms with Crippen molar-refractivity contribution in [3.8, 4) is 22.9 Å². The number of methoxy groups -OCH3 is 1. The largest absolute Gasteiger partial charge is 0.495 e. The molecule has 0 aliphatic heterocycles. The monoisotopic (exact) mass is 287 g/mol. The first-order chi connectivity index (χ1) is 10.8. The SMILES string of the molecule is COc1c(C2=CCCC=C2)cc(C#N)cc1-c1ccccc1. The minimum Gasteiger partial charge on any atom is -0.495 e. The summed E-state index contributed by atoms with van der Waals surface area (Å²) in [6.07, 6.45) is 8.56. The zero-order valence-electron chi connectivity index (χ0n) is 12.5. The minimum absolute atomic E-state index is 0.648. The maximum Gasteiger partial charge on any atom is 0.134 e. The molecule has 0 atom stereocenters. The van der Waals surface area contributed by atoms with Gasteiger partial charge < -0.3 is 4.74 Å². The topological polar surface area (TPSA) is 33.0 Å². The van der Waals surface area contributed by atoms with E-state index in [4.69, 9.17) is 4.74 Å². The highest BCUT2D eigenvalue weighted by Crippen LogP contribution is 2.39. The number of allylic oxidation sites excluding steroid dienone is 4. The van der Waals surface area contributed by atoms with E-state index in [1.54, 1.807) is 7.11 Å². The molecule has 3 rings (SSSR count). The fraction of sp³-hybridized carbons (Fsp3) is 0.150. The van der Waals surface area contributed by atoms with Gasteiger partial charge in [-0.2, -0.15) is 5.26 Å². The summed E-state index contributed by atoms with van der Waals surface area (Å²) in [5.41, 5.74) is 4.76. The van der Waals surface area contributed by atoms with Gasteiger partial charge in [-0.1, -0.05) is 48.6 Å². The lowest BCUT2D eigenvalue weighted by Gasteiger charge is -2.17. The van der Waals surface area contributed by atoms with Crippen LogP contribution in [0.5, 0.6) is 5.75 Å². The van der Waals surface area contributed by atoms with Crippen LogP contribution in [0.1, 0.15) is 24.0 Å². The zero-order chi connectivity index (χ0) is 15.4. The Morgan fingerprint density at radius 1 is 1.05 bits per heavy atom. The highest BCUT2D eigenvalue weighted by atomic mass is 16.5. The van der Waals surface area contributed by atoms with E-state index in [1.165, 1.54) is 0 Å². The van der Waals surface area contributed by atoms with Gasteiger partial charge in [0, 0.05) is 11.1 Å². The molecule has 108 valence electrons. The molecule has 0 fully saturated rings. The molecule has 0 spiro atoms. The van der Waals surface area contributed by atoms with Crippen molar-refractivity contribution in [1.29, 1.82) is 5.26 Å². The molecule has 0 heterocycles. The van der Waals surface area contributed by atoms with Crippen LogP contribution in [-0.4, -0.2) is 7.11 Å². The molecule has 0 saturated carbocycles. The lowest BCUT2D eigenvalue weighted by molar-refractivity contribution is 0.415. The molecule has 0 bridgehead atoms. The Morgan fingerprint density at radius 2 is 1.82 bits per heavy atom. The number of benzene rings is 2. The third-order valence-electron chi connectivity index (χ3n) is 3.81. The molecule has 2 aromatic carbocycles. The van der Waals surface area contributed by atoms with Gasteiger partial charge in [0.05, 0.1) is 18.7 Å². The van der Waals surface area contributed by atoms with Crippen LogP contribution in [-0.2, 0) is 0 Å². The molecule has 2 heteroatoms. The first kappa shape index (κ1) is 14.2. The van der Waals surface area contributed by atoms with Crippen molar-refractivity contribution in [2.45, 2.75) is 12.8 Å². The first-order valence-electron chi connectivity index (χ1n) is 7.38. The van der Waals surface area contributed by atoms with Gasteiger partial charge in [-0.25, -0.2) is 0 Å². The smallest absolute Gasteiger partial charge is 0.134 e. The summed E-state index contributed by atoms with van der Waals surface area (Å²) in [6.45, 7) is 0. The third-order valence-corrected chi connectivity index (χ3v) is 3.81. The van der Waals surface area contributed by atoms with Crippen LogP contribution in [0.4, 0.5) is 0 Å². The molecule has 0 saturated heterocycles. The van der Waals surface area contributed by atoms with E-state index in [0.29, 0.717) is 5.56 Å². The van der Waals surface area contributed by atoms with E-state index in [0.717, 1.165) is 40.9 Å². The predicted octanol–water partition coefficient (Wildman–Crippen LogP) is 4.97. The van der Waals surface area contributed by atoms with Gasteiger partial charge in [-0.3, -0.25) is 0 Å². The Labute approximate surface area is 131 Å². The molecule has 1 aliphatic rings. The van der Waals surface area contributed by atoms with Gasteiger partial charge >= 0.3 is 0 Å². The molecule has 0 amide bonds. The highest BCUT2D eigenvalue weighted by Gasteiger charge is 2.16. The quantitative estimate of drug-likeness (QED) is 0.798. The number of nitrogens with zero attached hydrogens (tertiary/aromatic N) is 1. The van der Waals surface area contributed by atoms with Crippen molar-refractivity contribution in [1.82, 2.24) is 0 Å². The second kappa shape index (κ2) is 6.32. The summed E-state index contributed by atoms with van der Waals surface area (Å²) in [5.74, 6) is 0.822. The van der Waals surface area contributed by atoms with E-state index in [-0.39, 0.29) is 0 Å². The standard InChI is InChI=1S/C20H17NO/c1-22-20-18(16-8-4-2-5-9-16)12-15(14-21)13-19(20)17-10-6-3-7-11-17/h2,4-6,8-13H,3,7H2,1H3. The fourth-order valence-corrected chi connectivity index (χ4v) is 2.77. The van der Waals surface area contributed by atoms with E-state index in [2.05, 4.69) is 24.3 Å². The Bertz CT molecular complexity index is 779. The van der Waals surface area contributed by atoms with E-state index < -0.39 is 0 Å². The average molecular weight is 287 g/mol. The molecule has 22 heavy (non-hydrogen) atoms. The lowest BCUT2D eigenvalue weighted by Crippen LogP contribution is -1.97. The minimum atomic E-state index is 0.648. The van der Waals surface area contributed by atoms with Crippen LogP contribution in [0.25, 0.3) is 16.7 Å². The van der Waals surface area contributed by atoms with Crippen molar-refractivity contribution in [3.05, 3.63) is 71.8 Å². The lowest BCUT2D eigenvalue weighted by atomic mass is 9.92. The first-order valence-corrected chi connectivity index (χ1v) is 7.38. The van der Waals surface area contributed by atoms with Gasteiger partial charge in [-0.15, -0.1) is 0 Å². The Morgan fingerprint density at radius 3 is 2.45 bits per heavy atom. The van der Waals surface area contributed by atoms with Crippen molar-refractivity contribution < 1.29 is 4.74 Å². The number of ether oxygens (including phenoxy) is 1. The van der Waals surface area contributed by atoms with Crippen LogP contribution >= 0.6 is 0 Å². The molecular formula is C20H17NO. The molecular weight excluding hydrogens is 270 g/mol. The molecule has 2 aromatic rings. The van der Waals surface area contributed by atoms with Crippen LogP contribution in [0.2, 0.25) is 0 Å². The summed E-state index contributed by atoms with van der Waals surface area (Å²) in [4.78, 5) is 0. The second-order valence-corrected chi connectivity index (χ2v) is 5.22. The molecule has 1 aliphatic carbocycles. The summed E-state index contributed by atoms with van der Waals surface area (Å²) in [6, 6.07) is 16.1. The Balaban J connectivity index is 2.24. The van der Waals surface area contributed by atoms with Crippen molar-refractivity contribution in [2.24, 2.45) is 0 Å². The van der Waals surface area contributed by atoms with Gasteiger partial charge in [0.15, 0.2) is 0 Å². The van der Waals surface area contributed by atoms with Crippen LogP contribution in [0.3, 0.4) is 0 Å². The van der Waals surface area contributed by atoms with Gasteiger partial charge in [-0.05, 0) is 36.1 Å². The fourth-order valence-electron chi connectivity index (χ4n) is 2.77. The maximum absolute atomic E-state index is 9.37. The predicted molar refractivity (Wildman–Crippen MR) is 89.5 cm³/mol. The second-order valence-electron chi connectivity index (χ2n) is 5.22. The summed E-state index contributed by atoms with van der Waals surface area (Å²) < 4.78 is 5.70. The molecule has 0 radical (unpaired) electrons. The number of hydrogen-bond acceptors (Lipinski definition) is 2. The number of rotatable bonds is 3. The van der Waals surface area contributed by atoms with Crippen molar-refractivity contribution in [3.63, 3.8) is 0 Å². The molecule has 0 unspecified atom stereocenters. The van der Waals surface area contributed by atoms with Crippen LogP contribution < -0.4 is 4.74 Å². The third kappa shape index (κ3) is 2.66. The summed E-state index contributed by atoms with van der Waals surface area (Å²) >= 11 is 0. The summed E-state index contributed by atoms with van der Waals surface area (Å²) in [7, 11) is 1.68. The van der Waals surface area contributed by atoms with Crippen LogP contribution in [0.15, 0.2) is 60.7 Å². The van der Waals surface area contributed by atoms with E-state index >= 15 is 0 Å². The summed E-state index contributed by atoms with van der Waals surface area (Å²) in [5, 5.41) is 9.37. The van der Waals surface area contributed by atoms with Crippen LogP contribution in [0, 0.1) is 11.3 Å². The maximum atomic E-state index is 9.37. The average Bonchev–Trinajstić information content (AvgIpc) is 2.62. The molecule has 2 nitrogen and oxygen atoms in total. The molecule has 0 aromatic heterocycles.